The molecule has 1 aliphatic rings. The van der Waals surface area contributed by atoms with E-state index in [9.17, 15) is 4.79 Å². The second-order valence-corrected chi connectivity index (χ2v) is 4.19. The average molecular weight is 194 g/mol. The summed E-state index contributed by atoms with van der Waals surface area (Å²) in [5.41, 5.74) is 1.83. The van der Waals surface area contributed by atoms with Crippen molar-refractivity contribution in [1.29, 1.82) is 0 Å². The fourth-order valence-corrected chi connectivity index (χ4v) is 1.62. The number of hydrogen-bond donors (Lipinski definition) is 2. The van der Waals surface area contributed by atoms with Crippen molar-refractivity contribution in [3.8, 4) is 0 Å². The van der Waals surface area contributed by atoms with Crippen LogP contribution in [0.4, 0.5) is 0 Å². The summed E-state index contributed by atoms with van der Waals surface area (Å²) in [6.07, 6.45) is 0. The first-order chi connectivity index (χ1) is 6.43. The molecule has 0 saturated heterocycles. The molecule has 0 bridgehead atoms. The van der Waals surface area contributed by atoms with Gasteiger partial charge in [0, 0.05) is 11.3 Å². The predicted molar refractivity (Wildman–Crippen MR) is 57.1 cm³/mol. The zero-order valence-corrected chi connectivity index (χ0v) is 9.27. The molecular formula is C11H18N2O. The Morgan fingerprint density at radius 1 is 1.07 bits per heavy atom. The van der Waals surface area contributed by atoms with Gasteiger partial charge in [-0.05, 0) is 11.8 Å². The van der Waals surface area contributed by atoms with E-state index in [-0.39, 0.29) is 11.8 Å². The Bertz CT molecular complexity index is 300. The predicted octanol–water partition coefficient (Wildman–Crippen LogP) is 1.74. The van der Waals surface area contributed by atoms with Crippen LogP contribution in [0.2, 0.25) is 0 Å². The number of hydrogen-bond acceptors (Lipinski definition) is 2. The number of rotatable bonds is 2. The molecular weight excluding hydrogens is 176 g/mol. The van der Waals surface area contributed by atoms with Gasteiger partial charge in [0.1, 0.15) is 5.82 Å². The zero-order valence-electron chi connectivity index (χ0n) is 9.27. The lowest BCUT2D eigenvalue weighted by Crippen LogP contribution is -2.41. The third kappa shape index (κ3) is 1.97. The van der Waals surface area contributed by atoms with Crippen LogP contribution >= 0.6 is 0 Å². The molecule has 78 valence electrons. The van der Waals surface area contributed by atoms with E-state index in [0.29, 0.717) is 11.7 Å². The van der Waals surface area contributed by atoms with Gasteiger partial charge in [-0.3, -0.25) is 4.79 Å². The molecule has 0 aromatic heterocycles. The van der Waals surface area contributed by atoms with E-state index in [4.69, 9.17) is 0 Å². The summed E-state index contributed by atoms with van der Waals surface area (Å²) in [7, 11) is 0. The van der Waals surface area contributed by atoms with Gasteiger partial charge < -0.3 is 10.6 Å². The third-order valence-electron chi connectivity index (χ3n) is 2.24. The second-order valence-electron chi connectivity index (χ2n) is 4.19. The molecule has 0 atom stereocenters. The summed E-state index contributed by atoms with van der Waals surface area (Å²) < 4.78 is 0. The lowest BCUT2D eigenvalue weighted by molar-refractivity contribution is -0.117. The zero-order chi connectivity index (χ0) is 10.9. The summed E-state index contributed by atoms with van der Waals surface area (Å²) >= 11 is 0. The maximum atomic E-state index is 11.7. The van der Waals surface area contributed by atoms with Gasteiger partial charge in [-0.2, -0.15) is 0 Å². The summed E-state index contributed by atoms with van der Waals surface area (Å²) in [5, 5.41) is 5.82. The Morgan fingerprint density at radius 3 is 2.07 bits per heavy atom. The van der Waals surface area contributed by atoms with Crippen LogP contribution in [-0.2, 0) is 4.79 Å². The quantitative estimate of drug-likeness (QED) is 0.703. The van der Waals surface area contributed by atoms with Crippen LogP contribution in [0.5, 0.6) is 0 Å². The average Bonchev–Trinajstić information content (AvgIpc) is 2.01. The molecule has 0 aliphatic carbocycles. The summed E-state index contributed by atoms with van der Waals surface area (Å²) in [5.74, 6) is 1.10. The van der Waals surface area contributed by atoms with Crippen molar-refractivity contribution >= 4 is 5.91 Å². The third-order valence-corrected chi connectivity index (χ3v) is 2.24. The fourth-order valence-electron chi connectivity index (χ4n) is 1.62. The van der Waals surface area contributed by atoms with E-state index in [2.05, 4.69) is 31.1 Å². The molecule has 3 nitrogen and oxygen atoms in total. The van der Waals surface area contributed by atoms with Gasteiger partial charge in [0.15, 0.2) is 0 Å². The maximum Gasteiger partial charge on any atom is 0.254 e. The standard InChI is InChI=1S/C11H18N2O/c1-6(2)9-10(7(3)4)12-8(5)13-11(9)14/h6-7,12H,5H2,1-4H3,(H,13,14). The fraction of sp³-hybridized carbons (Fsp3) is 0.545. The summed E-state index contributed by atoms with van der Waals surface area (Å²) in [6, 6.07) is 0. The lowest BCUT2D eigenvalue weighted by atomic mass is 9.93. The minimum absolute atomic E-state index is 0.0209. The smallest absolute Gasteiger partial charge is 0.254 e. The van der Waals surface area contributed by atoms with Crippen LogP contribution in [-0.4, -0.2) is 5.91 Å². The number of carbonyl (C=O) groups is 1. The first kappa shape index (κ1) is 10.8. The molecule has 1 rings (SSSR count). The van der Waals surface area contributed by atoms with Crippen molar-refractivity contribution in [3.05, 3.63) is 23.7 Å². The Hall–Kier alpha value is -1.25. The van der Waals surface area contributed by atoms with Crippen molar-refractivity contribution in [2.24, 2.45) is 11.8 Å². The topological polar surface area (TPSA) is 41.1 Å². The highest BCUT2D eigenvalue weighted by molar-refractivity contribution is 5.96. The van der Waals surface area contributed by atoms with Crippen molar-refractivity contribution in [2.75, 3.05) is 0 Å². The van der Waals surface area contributed by atoms with Gasteiger partial charge in [-0.15, -0.1) is 0 Å². The van der Waals surface area contributed by atoms with Crippen molar-refractivity contribution in [1.82, 2.24) is 10.6 Å². The van der Waals surface area contributed by atoms with Crippen LogP contribution < -0.4 is 10.6 Å². The first-order valence-electron chi connectivity index (χ1n) is 4.94. The molecule has 1 amide bonds. The lowest BCUT2D eigenvalue weighted by Gasteiger charge is -2.28. The van der Waals surface area contributed by atoms with Crippen LogP contribution in [0.25, 0.3) is 0 Å². The summed E-state index contributed by atoms with van der Waals surface area (Å²) in [6.45, 7) is 11.9. The van der Waals surface area contributed by atoms with E-state index >= 15 is 0 Å². The Morgan fingerprint density at radius 2 is 1.64 bits per heavy atom. The second kappa shape index (κ2) is 3.86. The van der Waals surface area contributed by atoms with E-state index in [1.807, 2.05) is 13.8 Å². The maximum absolute atomic E-state index is 11.7. The molecule has 0 radical (unpaired) electrons. The Balaban J connectivity index is 3.15. The largest absolute Gasteiger partial charge is 0.345 e. The SMILES string of the molecule is C=C1NC(=O)C(C(C)C)=C(C(C)C)N1. The molecule has 14 heavy (non-hydrogen) atoms. The Labute approximate surface area is 85.3 Å². The first-order valence-corrected chi connectivity index (χ1v) is 4.94. The van der Waals surface area contributed by atoms with E-state index in [1.165, 1.54) is 0 Å². The molecule has 1 heterocycles. The van der Waals surface area contributed by atoms with Gasteiger partial charge in [0.2, 0.25) is 0 Å². The summed E-state index contributed by atoms with van der Waals surface area (Å²) in [4.78, 5) is 11.7. The van der Waals surface area contributed by atoms with Crippen molar-refractivity contribution in [3.63, 3.8) is 0 Å². The Kier molecular flexibility index (Phi) is 2.99. The van der Waals surface area contributed by atoms with E-state index in [1.54, 1.807) is 0 Å². The van der Waals surface area contributed by atoms with Crippen molar-refractivity contribution in [2.45, 2.75) is 27.7 Å². The monoisotopic (exact) mass is 194 g/mol. The highest BCUT2D eigenvalue weighted by Gasteiger charge is 2.25. The molecule has 0 saturated carbocycles. The molecule has 0 fully saturated rings. The molecule has 3 heteroatoms. The molecule has 0 unspecified atom stereocenters. The van der Waals surface area contributed by atoms with Crippen LogP contribution in [0, 0.1) is 11.8 Å². The molecule has 1 aliphatic heterocycles. The van der Waals surface area contributed by atoms with Gasteiger partial charge in [-0.25, -0.2) is 0 Å². The normalized spacial score (nSPS) is 17.6. The van der Waals surface area contributed by atoms with E-state index in [0.717, 1.165) is 11.3 Å². The number of carbonyl (C=O) groups excluding carboxylic acids is 1. The minimum Gasteiger partial charge on any atom is -0.345 e. The van der Waals surface area contributed by atoms with Gasteiger partial charge in [0.25, 0.3) is 5.91 Å². The van der Waals surface area contributed by atoms with Crippen LogP contribution in [0.1, 0.15) is 27.7 Å². The molecule has 2 N–H and O–H groups in total. The van der Waals surface area contributed by atoms with Crippen LogP contribution in [0.15, 0.2) is 23.7 Å². The highest BCUT2D eigenvalue weighted by atomic mass is 16.2. The molecule has 0 aromatic rings. The van der Waals surface area contributed by atoms with Crippen molar-refractivity contribution < 1.29 is 4.79 Å². The van der Waals surface area contributed by atoms with Gasteiger partial charge in [-0.1, -0.05) is 34.3 Å². The highest BCUT2D eigenvalue weighted by Crippen LogP contribution is 2.22. The minimum atomic E-state index is -0.0209. The number of nitrogens with one attached hydrogen (secondary N) is 2. The number of amides is 1. The van der Waals surface area contributed by atoms with E-state index < -0.39 is 0 Å². The number of allylic oxidation sites excluding steroid dienone is 1. The van der Waals surface area contributed by atoms with Gasteiger partial charge >= 0.3 is 0 Å². The molecule has 0 aromatic carbocycles. The van der Waals surface area contributed by atoms with Gasteiger partial charge in [0.05, 0.1) is 0 Å². The van der Waals surface area contributed by atoms with Crippen LogP contribution in [0.3, 0.4) is 0 Å². The molecule has 0 spiro atoms.